The number of nitrogens with one attached hydrogen (secondary N) is 3. The molecule has 0 amide bonds. The van der Waals surface area contributed by atoms with Gasteiger partial charge >= 0.3 is 0 Å². The molecule has 3 aromatic rings. The summed E-state index contributed by atoms with van der Waals surface area (Å²) in [6, 6.07) is 10.3. The molecule has 2 fully saturated rings. The van der Waals surface area contributed by atoms with Crippen LogP contribution in [0.2, 0.25) is 0 Å². The molecule has 1 atom stereocenters. The minimum Gasteiger partial charge on any atom is -0.390 e. The van der Waals surface area contributed by atoms with E-state index in [9.17, 15) is 4.39 Å². The van der Waals surface area contributed by atoms with Gasteiger partial charge in [-0.2, -0.15) is 15.1 Å². The summed E-state index contributed by atoms with van der Waals surface area (Å²) in [7, 11) is 0. The van der Waals surface area contributed by atoms with Crippen molar-refractivity contribution in [1.29, 1.82) is 0 Å². The van der Waals surface area contributed by atoms with Crippen LogP contribution in [0.25, 0.3) is 0 Å². The third kappa shape index (κ3) is 5.19. The van der Waals surface area contributed by atoms with Gasteiger partial charge in [-0.3, -0.25) is 5.10 Å². The lowest BCUT2D eigenvalue weighted by Crippen LogP contribution is -2.37. The second kappa shape index (κ2) is 9.49. The Kier molecular flexibility index (Phi) is 5.91. The highest BCUT2D eigenvalue weighted by molar-refractivity contribution is 6.01. The van der Waals surface area contributed by atoms with Crippen LogP contribution >= 0.6 is 0 Å². The highest BCUT2D eigenvalue weighted by atomic mass is 19.1. The zero-order valence-electron chi connectivity index (χ0n) is 19.2. The fraction of sp³-hybridized carbons (Fsp3) is 0.417. The molecule has 11 heteroatoms. The lowest BCUT2D eigenvalue weighted by molar-refractivity contribution is 0.0948. The van der Waals surface area contributed by atoms with Crippen molar-refractivity contribution in [2.45, 2.75) is 31.3 Å². The van der Waals surface area contributed by atoms with Crippen molar-refractivity contribution in [3.05, 3.63) is 53.5 Å². The third-order valence-corrected chi connectivity index (χ3v) is 6.30. The maximum Gasteiger partial charge on any atom is 0.226 e. The molecule has 0 spiro atoms. The Hall–Kier alpha value is -3.73. The van der Waals surface area contributed by atoms with E-state index in [2.05, 4.69) is 35.9 Å². The van der Waals surface area contributed by atoms with E-state index in [-0.39, 0.29) is 11.9 Å². The van der Waals surface area contributed by atoms with Crippen molar-refractivity contribution in [3.8, 4) is 0 Å². The van der Waals surface area contributed by atoms with E-state index >= 15 is 0 Å². The maximum absolute atomic E-state index is 13.2. The molecule has 1 aromatic carbocycles. The quantitative estimate of drug-likeness (QED) is 0.452. The van der Waals surface area contributed by atoms with Crippen molar-refractivity contribution in [3.63, 3.8) is 0 Å². The molecule has 3 N–H and O–H groups in total. The molecule has 182 valence electrons. The molecule has 35 heavy (non-hydrogen) atoms. The van der Waals surface area contributed by atoms with E-state index in [4.69, 9.17) is 14.6 Å². The van der Waals surface area contributed by atoms with Gasteiger partial charge in [0, 0.05) is 37.6 Å². The zero-order valence-corrected chi connectivity index (χ0v) is 19.2. The predicted molar refractivity (Wildman–Crippen MR) is 130 cm³/mol. The Morgan fingerprint density at radius 2 is 1.91 bits per heavy atom. The van der Waals surface area contributed by atoms with Crippen LogP contribution in [0.15, 0.2) is 41.6 Å². The second-order valence-corrected chi connectivity index (χ2v) is 9.00. The number of H-pyrrole nitrogens is 1. The lowest BCUT2D eigenvalue weighted by atomic mass is 10.1. The molecule has 3 aliphatic rings. The van der Waals surface area contributed by atoms with E-state index in [1.807, 2.05) is 12.1 Å². The average Bonchev–Trinajstić information content (AvgIpc) is 3.45. The van der Waals surface area contributed by atoms with Crippen LogP contribution in [0.4, 0.5) is 27.8 Å². The van der Waals surface area contributed by atoms with Crippen LogP contribution in [0.5, 0.6) is 0 Å². The molecule has 1 aliphatic carbocycles. The Balaban J connectivity index is 1.14. The summed E-state index contributed by atoms with van der Waals surface area (Å²) in [4.78, 5) is 17.2. The molecule has 1 saturated heterocycles. The van der Waals surface area contributed by atoms with Crippen LogP contribution < -0.4 is 15.5 Å². The van der Waals surface area contributed by atoms with Gasteiger partial charge in [0.05, 0.1) is 31.2 Å². The van der Waals surface area contributed by atoms with Crippen molar-refractivity contribution < 1.29 is 14.0 Å². The molecule has 2 aliphatic heterocycles. The van der Waals surface area contributed by atoms with E-state index < -0.39 is 0 Å². The molecule has 1 unspecified atom stereocenters. The molecule has 0 radical (unpaired) electrons. The Morgan fingerprint density at radius 3 is 2.71 bits per heavy atom. The highest BCUT2D eigenvalue weighted by Gasteiger charge is 2.26. The van der Waals surface area contributed by atoms with Gasteiger partial charge in [-0.25, -0.2) is 4.39 Å². The number of anilines is 4. The van der Waals surface area contributed by atoms with Crippen LogP contribution in [-0.2, 0) is 9.57 Å². The predicted octanol–water partition coefficient (Wildman–Crippen LogP) is 3.40. The number of oxime groups is 1. The first-order chi connectivity index (χ1) is 17.2. The molecular weight excluding hydrogens is 451 g/mol. The molecule has 6 rings (SSSR count). The van der Waals surface area contributed by atoms with Gasteiger partial charge < -0.3 is 25.1 Å². The number of nitrogens with zero attached hydrogens (tertiary/aromatic N) is 5. The van der Waals surface area contributed by atoms with E-state index in [0.29, 0.717) is 43.9 Å². The smallest absolute Gasteiger partial charge is 0.226 e. The molecule has 2 aromatic heterocycles. The fourth-order valence-corrected chi connectivity index (χ4v) is 4.22. The number of aromatic nitrogens is 4. The number of ether oxygens (including phenoxy) is 1. The highest BCUT2D eigenvalue weighted by Crippen LogP contribution is 2.39. The monoisotopic (exact) mass is 478 g/mol. The second-order valence-electron chi connectivity index (χ2n) is 9.00. The van der Waals surface area contributed by atoms with E-state index in [0.717, 1.165) is 41.7 Å². The Bertz CT molecular complexity index is 1200. The largest absolute Gasteiger partial charge is 0.390 e. The number of hydrogen-bond donors (Lipinski definition) is 3. The van der Waals surface area contributed by atoms with Gasteiger partial charge in [-0.1, -0.05) is 17.3 Å². The first kappa shape index (κ1) is 21.8. The molecular formula is C24H27FN8O2. The van der Waals surface area contributed by atoms with Gasteiger partial charge in [0.2, 0.25) is 5.95 Å². The van der Waals surface area contributed by atoms with E-state index in [1.54, 1.807) is 12.1 Å². The fourth-order valence-electron chi connectivity index (χ4n) is 4.22. The minimum absolute atomic E-state index is 0.171. The van der Waals surface area contributed by atoms with Crippen LogP contribution in [-0.4, -0.2) is 64.8 Å². The number of hydrogen-bond acceptors (Lipinski definition) is 9. The first-order valence-electron chi connectivity index (χ1n) is 12.0. The number of aromatic amines is 1. The molecule has 4 heterocycles. The summed E-state index contributed by atoms with van der Waals surface area (Å²) in [5, 5.41) is 18.3. The van der Waals surface area contributed by atoms with Gasteiger partial charge in [0.15, 0.2) is 0 Å². The van der Waals surface area contributed by atoms with Gasteiger partial charge in [-0.05, 0) is 30.5 Å². The summed E-state index contributed by atoms with van der Waals surface area (Å²) in [5.41, 5.74) is 2.74. The molecule has 0 bridgehead atoms. The minimum atomic E-state index is -0.271. The molecule has 1 saturated carbocycles. The number of benzene rings is 1. The summed E-state index contributed by atoms with van der Waals surface area (Å²) in [6.45, 7) is 3.36. The maximum atomic E-state index is 13.2. The van der Waals surface area contributed by atoms with Crippen molar-refractivity contribution >= 4 is 29.1 Å². The normalized spacial score (nSPS) is 19.9. The van der Waals surface area contributed by atoms with Crippen molar-refractivity contribution in [1.82, 2.24) is 20.2 Å². The third-order valence-electron chi connectivity index (χ3n) is 6.30. The van der Waals surface area contributed by atoms with Gasteiger partial charge in [-0.15, -0.1) is 0 Å². The van der Waals surface area contributed by atoms with Gasteiger partial charge in [0.1, 0.15) is 29.4 Å². The summed E-state index contributed by atoms with van der Waals surface area (Å²) < 4.78 is 18.7. The van der Waals surface area contributed by atoms with Crippen molar-refractivity contribution in [2.24, 2.45) is 5.16 Å². The van der Waals surface area contributed by atoms with Crippen LogP contribution in [0, 0.1) is 5.82 Å². The average molecular weight is 479 g/mol. The van der Waals surface area contributed by atoms with E-state index in [1.165, 1.54) is 25.0 Å². The Morgan fingerprint density at radius 1 is 1.09 bits per heavy atom. The first-order valence-corrected chi connectivity index (χ1v) is 12.0. The zero-order chi connectivity index (χ0) is 23.6. The standard InChI is InChI=1S/C24H27FN8O2/c25-17-5-3-16(4-6-17)20-11-18(35-32-20)14-26-24-28-21(13-23(29-24)33-7-9-34-10-8-33)27-22-12-19(30-31-22)15-1-2-15/h3-6,12-13,15,18H,1-2,7-11,14H2,(H3,26,27,28,29,30,31). The number of morpholine rings is 1. The molecule has 10 nitrogen and oxygen atoms in total. The Labute approximate surface area is 201 Å². The number of rotatable bonds is 8. The van der Waals surface area contributed by atoms with Crippen LogP contribution in [0.3, 0.4) is 0 Å². The summed E-state index contributed by atoms with van der Waals surface area (Å²) >= 11 is 0. The SMILES string of the molecule is Fc1ccc(C2=NOC(CNc3nc(Nc4cc(C5CC5)n[nH]4)cc(N4CCOCC4)n3)C2)cc1. The van der Waals surface area contributed by atoms with Crippen LogP contribution in [0.1, 0.15) is 36.4 Å². The lowest BCUT2D eigenvalue weighted by Gasteiger charge is -2.28. The number of halogens is 1. The van der Waals surface area contributed by atoms with Crippen molar-refractivity contribution in [2.75, 3.05) is 48.4 Å². The topological polar surface area (TPSA) is 113 Å². The summed E-state index contributed by atoms with van der Waals surface area (Å²) in [5.74, 6) is 3.10. The summed E-state index contributed by atoms with van der Waals surface area (Å²) in [6.07, 6.45) is 2.84. The van der Waals surface area contributed by atoms with Gasteiger partial charge in [0.25, 0.3) is 0 Å².